The Morgan fingerprint density at radius 3 is 2.95 bits per heavy atom. The van der Waals surface area contributed by atoms with Crippen LogP contribution in [0, 0.1) is 0 Å². The van der Waals surface area contributed by atoms with E-state index < -0.39 is 0 Å². The summed E-state index contributed by atoms with van der Waals surface area (Å²) in [5.74, 6) is 1.04. The molecular formula is C13H22N4O2. The first-order valence-electron chi connectivity index (χ1n) is 6.61. The maximum Gasteiger partial charge on any atom is 0.225 e. The highest BCUT2D eigenvalue weighted by Crippen LogP contribution is 2.08. The number of hydrogen-bond acceptors (Lipinski definition) is 5. The summed E-state index contributed by atoms with van der Waals surface area (Å²) in [5, 5.41) is 5.83. The molecular weight excluding hydrogens is 244 g/mol. The van der Waals surface area contributed by atoms with Crippen LogP contribution in [-0.2, 0) is 4.79 Å². The molecule has 19 heavy (non-hydrogen) atoms. The van der Waals surface area contributed by atoms with E-state index in [0.717, 1.165) is 6.42 Å². The fourth-order valence-corrected chi connectivity index (χ4v) is 1.40. The van der Waals surface area contributed by atoms with Crippen LogP contribution in [0.1, 0.15) is 33.6 Å². The molecule has 0 saturated heterocycles. The molecule has 1 heterocycles. The molecule has 0 unspecified atom stereocenters. The molecule has 1 rings (SSSR count). The molecule has 6 nitrogen and oxygen atoms in total. The van der Waals surface area contributed by atoms with Gasteiger partial charge in [0.2, 0.25) is 17.7 Å². The average molecular weight is 266 g/mol. The SMILES string of the molecule is CCCOc1ccnc(NCCC(=O)NC(C)C)n1. The second kappa shape index (κ2) is 8.29. The predicted octanol–water partition coefficient (Wildman–Crippen LogP) is 1.59. The molecule has 1 aromatic rings. The van der Waals surface area contributed by atoms with Crippen LogP contribution in [0.25, 0.3) is 0 Å². The van der Waals surface area contributed by atoms with Gasteiger partial charge in [0.15, 0.2) is 0 Å². The van der Waals surface area contributed by atoms with E-state index in [4.69, 9.17) is 4.74 Å². The van der Waals surface area contributed by atoms with E-state index in [-0.39, 0.29) is 11.9 Å². The van der Waals surface area contributed by atoms with Crippen LogP contribution in [0.4, 0.5) is 5.95 Å². The zero-order chi connectivity index (χ0) is 14.1. The molecule has 0 aliphatic rings. The monoisotopic (exact) mass is 266 g/mol. The standard InChI is InChI=1S/C13H22N4O2/c1-4-9-19-12-6-8-15-13(17-12)14-7-5-11(18)16-10(2)3/h6,8,10H,4-5,7,9H2,1-3H3,(H,16,18)(H,14,15,17). The maximum atomic E-state index is 11.4. The van der Waals surface area contributed by atoms with Gasteiger partial charge in [-0.2, -0.15) is 4.98 Å². The predicted molar refractivity (Wildman–Crippen MR) is 74.2 cm³/mol. The highest BCUT2D eigenvalue weighted by atomic mass is 16.5. The Morgan fingerprint density at radius 1 is 1.47 bits per heavy atom. The van der Waals surface area contributed by atoms with Crippen molar-refractivity contribution in [2.45, 2.75) is 39.7 Å². The van der Waals surface area contributed by atoms with Gasteiger partial charge in [-0.25, -0.2) is 4.98 Å². The summed E-state index contributed by atoms with van der Waals surface area (Å²) in [4.78, 5) is 19.7. The number of carbonyl (C=O) groups excluding carboxylic acids is 1. The highest BCUT2D eigenvalue weighted by molar-refractivity contribution is 5.76. The number of nitrogens with zero attached hydrogens (tertiary/aromatic N) is 2. The Kier molecular flexibility index (Phi) is 6.63. The van der Waals surface area contributed by atoms with Crippen molar-refractivity contribution < 1.29 is 9.53 Å². The van der Waals surface area contributed by atoms with Gasteiger partial charge in [0, 0.05) is 31.3 Å². The first-order valence-corrected chi connectivity index (χ1v) is 6.61. The number of hydrogen-bond donors (Lipinski definition) is 2. The van der Waals surface area contributed by atoms with Crippen LogP contribution < -0.4 is 15.4 Å². The second-order valence-electron chi connectivity index (χ2n) is 4.47. The number of aromatic nitrogens is 2. The molecule has 0 fully saturated rings. The Bertz CT molecular complexity index is 396. The molecule has 0 aromatic carbocycles. The molecule has 0 spiro atoms. The summed E-state index contributed by atoms with van der Waals surface area (Å²) in [6.45, 7) is 7.03. The van der Waals surface area contributed by atoms with Crippen LogP contribution in [0.15, 0.2) is 12.3 Å². The van der Waals surface area contributed by atoms with Gasteiger partial charge in [-0.1, -0.05) is 6.92 Å². The first-order chi connectivity index (χ1) is 9.11. The Labute approximate surface area is 114 Å². The van der Waals surface area contributed by atoms with Gasteiger partial charge in [-0.3, -0.25) is 4.79 Å². The van der Waals surface area contributed by atoms with Crippen molar-refractivity contribution in [3.63, 3.8) is 0 Å². The van der Waals surface area contributed by atoms with Crippen molar-refractivity contribution >= 4 is 11.9 Å². The van der Waals surface area contributed by atoms with Gasteiger partial charge >= 0.3 is 0 Å². The van der Waals surface area contributed by atoms with E-state index in [1.165, 1.54) is 0 Å². The van der Waals surface area contributed by atoms with Gasteiger partial charge in [-0.15, -0.1) is 0 Å². The molecule has 2 N–H and O–H groups in total. The van der Waals surface area contributed by atoms with Gasteiger partial charge in [-0.05, 0) is 20.3 Å². The largest absolute Gasteiger partial charge is 0.478 e. The second-order valence-corrected chi connectivity index (χ2v) is 4.47. The molecule has 1 amide bonds. The third kappa shape index (κ3) is 6.59. The lowest BCUT2D eigenvalue weighted by Crippen LogP contribution is -2.31. The summed E-state index contributed by atoms with van der Waals surface area (Å²) in [6.07, 6.45) is 2.96. The third-order valence-corrected chi connectivity index (χ3v) is 2.17. The van der Waals surface area contributed by atoms with E-state index in [2.05, 4.69) is 20.6 Å². The molecule has 0 atom stereocenters. The zero-order valence-electron chi connectivity index (χ0n) is 11.8. The molecule has 0 bridgehead atoms. The van der Waals surface area contributed by atoms with Crippen LogP contribution in [0.5, 0.6) is 5.88 Å². The summed E-state index contributed by atoms with van der Waals surface area (Å²) in [7, 11) is 0. The van der Waals surface area contributed by atoms with Gasteiger partial charge in [0.05, 0.1) is 6.61 Å². The normalized spacial score (nSPS) is 10.3. The van der Waals surface area contributed by atoms with Crippen LogP contribution in [0.2, 0.25) is 0 Å². The third-order valence-electron chi connectivity index (χ3n) is 2.17. The lowest BCUT2D eigenvalue weighted by atomic mass is 10.3. The lowest BCUT2D eigenvalue weighted by Gasteiger charge is -2.09. The topological polar surface area (TPSA) is 76.1 Å². The molecule has 0 aliphatic heterocycles. The Balaban J connectivity index is 2.34. The van der Waals surface area contributed by atoms with Crippen LogP contribution >= 0.6 is 0 Å². The van der Waals surface area contributed by atoms with Crippen molar-refractivity contribution in [1.82, 2.24) is 15.3 Å². The molecule has 0 radical (unpaired) electrons. The Hall–Kier alpha value is -1.85. The van der Waals surface area contributed by atoms with E-state index in [1.54, 1.807) is 12.3 Å². The van der Waals surface area contributed by atoms with E-state index in [0.29, 0.717) is 31.4 Å². The van der Waals surface area contributed by atoms with Crippen molar-refractivity contribution in [2.24, 2.45) is 0 Å². The minimum absolute atomic E-state index is 0.0147. The van der Waals surface area contributed by atoms with Crippen LogP contribution in [0.3, 0.4) is 0 Å². The average Bonchev–Trinajstić information content (AvgIpc) is 2.36. The number of ether oxygens (including phenoxy) is 1. The van der Waals surface area contributed by atoms with Crippen molar-refractivity contribution in [1.29, 1.82) is 0 Å². The lowest BCUT2D eigenvalue weighted by molar-refractivity contribution is -0.121. The van der Waals surface area contributed by atoms with E-state index in [1.807, 2.05) is 20.8 Å². The number of rotatable bonds is 8. The summed E-state index contributed by atoms with van der Waals surface area (Å²) in [6, 6.07) is 1.88. The minimum atomic E-state index is 0.0147. The summed E-state index contributed by atoms with van der Waals surface area (Å²) < 4.78 is 5.41. The minimum Gasteiger partial charge on any atom is -0.478 e. The highest BCUT2D eigenvalue weighted by Gasteiger charge is 2.04. The van der Waals surface area contributed by atoms with Crippen molar-refractivity contribution in [3.05, 3.63) is 12.3 Å². The van der Waals surface area contributed by atoms with E-state index in [9.17, 15) is 4.79 Å². The van der Waals surface area contributed by atoms with Crippen molar-refractivity contribution in [2.75, 3.05) is 18.5 Å². The fourth-order valence-electron chi connectivity index (χ4n) is 1.40. The number of amides is 1. The molecule has 0 aliphatic carbocycles. The van der Waals surface area contributed by atoms with Crippen molar-refractivity contribution in [3.8, 4) is 5.88 Å². The molecule has 106 valence electrons. The number of nitrogens with one attached hydrogen (secondary N) is 2. The van der Waals surface area contributed by atoms with Gasteiger partial charge < -0.3 is 15.4 Å². The van der Waals surface area contributed by atoms with Gasteiger partial charge in [0.25, 0.3) is 0 Å². The molecule has 6 heteroatoms. The van der Waals surface area contributed by atoms with Gasteiger partial charge in [0.1, 0.15) is 0 Å². The number of carbonyl (C=O) groups is 1. The van der Waals surface area contributed by atoms with Crippen LogP contribution in [-0.4, -0.2) is 35.1 Å². The Morgan fingerprint density at radius 2 is 2.26 bits per heavy atom. The maximum absolute atomic E-state index is 11.4. The quantitative estimate of drug-likeness (QED) is 0.747. The summed E-state index contributed by atoms with van der Waals surface area (Å²) >= 11 is 0. The smallest absolute Gasteiger partial charge is 0.225 e. The fraction of sp³-hybridized carbons (Fsp3) is 0.615. The first kappa shape index (κ1) is 15.2. The zero-order valence-corrected chi connectivity index (χ0v) is 11.8. The molecule has 1 aromatic heterocycles. The summed E-state index contributed by atoms with van der Waals surface area (Å²) in [5.41, 5.74) is 0. The number of anilines is 1. The molecule has 0 saturated carbocycles. The van der Waals surface area contributed by atoms with E-state index >= 15 is 0 Å².